The molecule has 410 valence electrons. The number of hydrogen-bond donors (Lipinski definition) is 0. The number of rotatable bonds is 6. The van der Waals surface area contributed by atoms with Crippen LogP contribution < -0.4 is 9.80 Å². The van der Waals surface area contributed by atoms with Crippen molar-refractivity contribution < 1.29 is 0 Å². The van der Waals surface area contributed by atoms with Gasteiger partial charge in [0, 0.05) is 45.0 Å². The van der Waals surface area contributed by atoms with E-state index in [9.17, 15) is 0 Å². The van der Waals surface area contributed by atoms with Crippen LogP contribution in [0.4, 0.5) is 34.1 Å². The first kappa shape index (κ1) is 50.5. The van der Waals surface area contributed by atoms with Crippen molar-refractivity contribution in [1.82, 2.24) is 0 Å². The summed E-state index contributed by atoms with van der Waals surface area (Å²) in [5.74, 6) is 0. The van der Waals surface area contributed by atoms with Gasteiger partial charge in [-0.05, 0) is 219 Å². The molecule has 0 saturated carbocycles. The summed E-state index contributed by atoms with van der Waals surface area (Å²) in [7, 11) is 0. The van der Waals surface area contributed by atoms with Gasteiger partial charge in [0.05, 0.1) is 0 Å². The maximum atomic E-state index is 2.55. The zero-order chi connectivity index (χ0) is 57.4. The van der Waals surface area contributed by atoms with Crippen LogP contribution in [0.1, 0.15) is 72.2 Å². The van der Waals surface area contributed by atoms with E-state index in [1.807, 2.05) is 0 Å². The van der Waals surface area contributed by atoms with Crippen LogP contribution in [0.3, 0.4) is 0 Å². The molecule has 0 spiro atoms. The van der Waals surface area contributed by atoms with Gasteiger partial charge < -0.3 is 9.80 Å². The number of hydrogen-bond acceptors (Lipinski definition) is 2. The fourth-order valence-corrected chi connectivity index (χ4v) is 15.8. The summed E-state index contributed by atoms with van der Waals surface area (Å²) in [4.78, 5) is 5.10. The van der Waals surface area contributed by atoms with Gasteiger partial charge in [-0.3, -0.25) is 0 Å². The van der Waals surface area contributed by atoms with Crippen LogP contribution in [-0.2, 0) is 36.5 Å². The second kappa shape index (κ2) is 19.3. The summed E-state index contributed by atoms with van der Waals surface area (Å²) in [5, 5.41) is 4.85. The zero-order valence-corrected chi connectivity index (χ0v) is 49.1. The monoisotopic (exact) mass is 1100 g/mol. The normalized spacial score (nSPS) is 14.7. The van der Waals surface area contributed by atoms with Crippen LogP contribution in [0.15, 0.2) is 267 Å². The topological polar surface area (TPSA) is 6.48 Å². The average molecular weight is 1100 g/mol. The van der Waals surface area contributed by atoms with E-state index in [0.717, 1.165) is 37.1 Å². The first-order valence-corrected chi connectivity index (χ1v) is 30.8. The van der Waals surface area contributed by atoms with E-state index >= 15 is 0 Å². The largest absolute Gasteiger partial charge is 0.310 e. The molecule has 2 heteroatoms. The molecular formula is C84H64N2. The number of fused-ring (bicyclic) bond motifs is 12. The lowest BCUT2D eigenvalue weighted by molar-refractivity contribution is 0.660. The Kier molecular flexibility index (Phi) is 11.3. The summed E-state index contributed by atoms with van der Waals surface area (Å²) in [6.45, 7) is 9.58. The molecule has 0 saturated heterocycles. The minimum absolute atomic E-state index is 0.153. The van der Waals surface area contributed by atoms with Crippen LogP contribution in [0, 0.1) is 0 Å². The van der Waals surface area contributed by atoms with Crippen molar-refractivity contribution in [2.45, 2.75) is 64.2 Å². The first-order chi connectivity index (χ1) is 42.2. The highest BCUT2D eigenvalue weighted by atomic mass is 15.2. The van der Waals surface area contributed by atoms with E-state index in [-0.39, 0.29) is 10.8 Å². The predicted molar refractivity (Wildman–Crippen MR) is 363 cm³/mol. The Morgan fingerprint density at radius 3 is 0.919 bits per heavy atom. The standard InChI is InChI=1S/C84H64N2/c1-83(2)73-31-15-13-27-63(73)65-45-41-57(49-75(65)83)61-25-9-11-29-67(61)81-69-47-43-60(86-79-35-19-7-23-55(79)39-40-56-24-8-20-36-80(56)86)52-72(69)82(68-30-12-10-26-62(68)58-42-46-66-64-28-14-16-32-74(64)84(3,4)76(66)50-58)70-48-44-59(51-71(70)81)85-77-33-17-5-21-53(77)37-38-54-22-6-18-34-78(54)85/h5-36,41-52H,37-40H2,1-4H3. The van der Waals surface area contributed by atoms with Crippen molar-refractivity contribution in [3.63, 3.8) is 0 Å². The van der Waals surface area contributed by atoms with Gasteiger partial charge >= 0.3 is 0 Å². The Hall–Kier alpha value is -10.0. The number of aryl methyl sites for hydroxylation is 4. The maximum absolute atomic E-state index is 2.55. The molecular weight excluding hydrogens is 1040 g/mol. The van der Waals surface area contributed by atoms with Gasteiger partial charge in [0.25, 0.3) is 0 Å². The van der Waals surface area contributed by atoms with Crippen LogP contribution in [0.5, 0.6) is 0 Å². The molecule has 0 unspecified atom stereocenters. The van der Waals surface area contributed by atoms with E-state index in [1.165, 1.54) is 156 Å². The Morgan fingerprint density at radius 2 is 0.547 bits per heavy atom. The number of para-hydroxylation sites is 4. The lowest BCUT2D eigenvalue weighted by Crippen LogP contribution is -2.14. The molecule has 0 N–H and O–H groups in total. The highest BCUT2D eigenvalue weighted by molar-refractivity contribution is 6.24. The summed E-state index contributed by atoms with van der Waals surface area (Å²) >= 11 is 0. The lowest BCUT2D eigenvalue weighted by Gasteiger charge is -2.30. The van der Waals surface area contributed by atoms with Gasteiger partial charge in [-0.15, -0.1) is 0 Å². The molecule has 13 aromatic rings. The minimum atomic E-state index is -0.153. The Labute approximate surface area is 505 Å². The fourth-order valence-electron chi connectivity index (χ4n) is 15.8. The van der Waals surface area contributed by atoms with E-state index < -0.39 is 0 Å². The Bertz CT molecular complexity index is 4570. The zero-order valence-electron chi connectivity index (χ0n) is 49.1. The average Bonchev–Trinajstić information content (AvgIpc) is 1.06. The molecule has 0 fully saturated rings. The molecule has 86 heavy (non-hydrogen) atoms. The summed E-state index contributed by atoms with van der Waals surface area (Å²) in [6, 6.07) is 102. The molecule has 0 bridgehead atoms. The van der Waals surface area contributed by atoms with Gasteiger partial charge in [-0.25, -0.2) is 0 Å². The number of nitrogens with zero attached hydrogens (tertiary/aromatic N) is 2. The van der Waals surface area contributed by atoms with E-state index in [2.05, 4.69) is 304 Å². The smallest absolute Gasteiger partial charge is 0.0493 e. The first-order valence-electron chi connectivity index (χ1n) is 30.8. The molecule has 2 heterocycles. The molecule has 17 rings (SSSR count). The van der Waals surface area contributed by atoms with Crippen molar-refractivity contribution >= 4 is 55.7 Å². The van der Waals surface area contributed by atoms with Crippen molar-refractivity contribution in [3.8, 4) is 66.8 Å². The van der Waals surface area contributed by atoms with Crippen LogP contribution >= 0.6 is 0 Å². The summed E-state index contributed by atoms with van der Waals surface area (Å²) in [6.07, 6.45) is 3.91. The molecule has 0 aromatic heterocycles. The number of benzene rings is 13. The third-order valence-electron chi connectivity index (χ3n) is 20.0. The van der Waals surface area contributed by atoms with E-state index in [0.29, 0.717) is 0 Å². The quantitative estimate of drug-likeness (QED) is 0.153. The second-order valence-electron chi connectivity index (χ2n) is 25.3. The van der Waals surface area contributed by atoms with Gasteiger partial charge in [0.15, 0.2) is 0 Å². The van der Waals surface area contributed by atoms with Gasteiger partial charge in [-0.1, -0.05) is 234 Å². The third-order valence-corrected chi connectivity index (χ3v) is 20.0. The van der Waals surface area contributed by atoms with Crippen molar-refractivity contribution in [2.24, 2.45) is 0 Å². The summed E-state index contributed by atoms with van der Waals surface area (Å²) in [5.41, 5.74) is 32.9. The lowest BCUT2D eigenvalue weighted by atomic mass is 9.79. The Balaban J connectivity index is 0.988. The Morgan fingerprint density at radius 1 is 0.244 bits per heavy atom. The van der Waals surface area contributed by atoms with E-state index in [4.69, 9.17) is 0 Å². The molecule has 0 radical (unpaired) electrons. The third kappa shape index (κ3) is 7.58. The van der Waals surface area contributed by atoms with E-state index in [1.54, 1.807) is 0 Å². The van der Waals surface area contributed by atoms with Crippen LogP contribution in [-0.4, -0.2) is 0 Å². The predicted octanol–water partition coefficient (Wildman–Crippen LogP) is 22.4. The molecule has 0 atom stereocenters. The van der Waals surface area contributed by atoms with Crippen molar-refractivity contribution in [3.05, 3.63) is 311 Å². The summed E-state index contributed by atoms with van der Waals surface area (Å²) < 4.78 is 0. The van der Waals surface area contributed by atoms with Gasteiger partial charge in [0.1, 0.15) is 0 Å². The van der Waals surface area contributed by atoms with Gasteiger partial charge in [0.2, 0.25) is 0 Å². The molecule has 13 aromatic carbocycles. The van der Waals surface area contributed by atoms with Crippen LogP contribution in [0.25, 0.3) is 88.3 Å². The molecule has 2 aliphatic heterocycles. The number of anilines is 6. The molecule has 2 aliphatic carbocycles. The molecule has 0 amide bonds. The SMILES string of the molecule is CC1(C)c2ccccc2-c2ccc(-c3ccccc3-c3c4ccc(N5c6ccccc6CCc6ccccc65)cc4c(-c4ccccc4-c4ccc5c(c4)C(C)(C)c4ccccc4-5)c4ccc(N5c6ccccc6CCc6ccccc65)cc34)cc21. The maximum Gasteiger partial charge on any atom is 0.0493 e. The fraction of sp³-hybridized carbons (Fsp3) is 0.119. The molecule has 2 nitrogen and oxygen atoms in total. The van der Waals surface area contributed by atoms with Crippen molar-refractivity contribution in [2.75, 3.05) is 9.80 Å². The van der Waals surface area contributed by atoms with Gasteiger partial charge in [-0.2, -0.15) is 0 Å². The second-order valence-corrected chi connectivity index (χ2v) is 25.3. The van der Waals surface area contributed by atoms with Crippen molar-refractivity contribution in [1.29, 1.82) is 0 Å². The molecule has 4 aliphatic rings. The highest BCUT2D eigenvalue weighted by Gasteiger charge is 2.38. The minimum Gasteiger partial charge on any atom is -0.310 e. The highest BCUT2D eigenvalue weighted by Crippen LogP contribution is 2.56. The van der Waals surface area contributed by atoms with Crippen LogP contribution in [0.2, 0.25) is 0 Å².